The van der Waals surface area contributed by atoms with Gasteiger partial charge in [-0.25, -0.2) is 19.3 Å². The van der Waals surface area contributed by atoms with E-state index < -0.39 is 16.9 Å². The summed E-state index contributed by atoms with van der Waals surface area (Å²) in [5, 5.41) is 0. The Morgan fingerprint density at radius 1 is 0.867 bits per heavy atom. The molecule has 7 rings (SSSR count). The molecule has 45 heavy (non-hydrogen) atoms. The van der Waals surface area contributed by atoms with Gasteiger partial charge in [0.1, 0.15) is 12.7 Å². The quantitative estimate of drug-likeness (QED) is 0.329. The van der Waals surface area contributed by atoms with Crippen LogP contribution in [0.5, 0.6) is 0 Å². The molecule has 0 radical (unpaired) electrons. The topological polar surface area (TPSA) is 96.1 Å². The lowest BCUT2D eigenvalue weighted by Gasteiger charge is -2.71. The van der Waals surface area contributed by atoms with E-state index in [0.29, 0.717) is 17.8 Å². The highest BCUT2D eigenvalue weighted by Gasteiger charge is 2.72. The molecule has 5 aliphatic carbocycles. The molecule has 0 aromatic carbocycles. The third kappa shape index (κ3) is 3.92. The van der Waals surface area contributed by atoms with E-state index in [9.17, 15) is 14.4 Å². The second-order valence-corrected chi connectivity index (χ2v) is 16.4. The Labute approximate surface area is 266 Å². The van der Waals surface area contributed by atoms with Crippen LogP contribution in [-0.2, 0) is 9.53 Å². The number of Topliss-reactive ketones (excluding diaryl/α,β-unsaturated/α-hetero) is 1. The second-order valence-electron chi connectivity index (χ2n) is 16.4. The van der Waals surface area contributed by atoms with Crippen LogP contribution in [-0.4, -0.2) is 36.9 Å². The van der Waals surface area contributed by atoms with Gasteiger partial charge in [-0.3, -0.25) is 14.2 Å². The summed E-state index contributed by atoms with van der Waals surface area (Å²) in [6.45, 7) is 18.1. The normalized spacial score (nSPS) is 41.6. The molecule has 0 N–H and O–H groups in total. The van der Waals surface area contributed by atoms with E-state index in [4.69, 9.17) is 4.74 Å². The number of allylic oxidation sites excluding steroid dienone is 3. The summed E-state index contributed by atoms with van der Waals surface area (Å²) >= 11 is 0. The average Bonchev–Trinajstić information content (AvgIpc) is 3.77. The van der Waals surface area contributed by atoms with E-state index in [-0.39, 0.29) is 45.5 Å². The van der Waals surface area contributed by atoms with Crippen LogP contribution in [0.25, 0.3) is 0 Å². The first kappa shape index (κ1) is 30.4. The number of rotatable bonds is 3. The minimum atomic E-state index is -0.664. The maximum atomic E-state index is 14.3. The summed E-state index contributed by atoms with van der Waals surface area (Å²) < 4.78 is 8.86. The fourth-order valence-corrected chi connectivity index (χ4v) is 12.2. The number of ether oxygens (including phenoxy) is 1. The van der Waals surface area contributed by atoms with Crippen molar-refractivity contribution in [3.63, 3.8) is 0 Å². The van der Waals surface area contributed by atoms with Gasteiger partial charge in [0.05, 0.1) is 5.41 Å². The molecule has 2 heterocycles. The number of carbonyl (C=O) groups excluding carboxylic acids is 3. The lowest BCUT2D eigenvalue weighted by molar-refractivity contribution is -0.215. The molecular formula is C37H48N4O4. The van der Waals surface area contributed by atoms with Crippen molar-refractivity contribution < 1.29 is 19.1 Å². The van der Waals surface area contributed by atoms with Crippen LogP contribution in [0.15, 0.2) is 61.4 Å². The molecule has 8 nitrogen and oxygen atoms in total. The molecule has 0 saturated heterocycles. The molecule has 9 atom stereocenters. The molecule has 240 valence electrons. The van der Waals surface area contributed by atoms with Crippen molar-refractivity contribution >= 4 is 17.8 Å². The fourth-order valence-electron chi connectivity index (χ4n) is 12.2. The number of hydrogen-bond acceptors (Lipinski definition) is 6. The lowest BCUT2D eigenvalue weighted by atomic mass is 9.33. The van der Waals surface area contributed by atoms with Crippen molar-refractivity contribution in [3.05, 3.63) is 61.4 Å². The molecule has 5 aliphatic rings. The van der Waals surface area contributed by atoms with E-state index in [1.807, 2.05) is 26.1 Å². The number of carbonyl (C=O) groups is 3. The highest BCUT2D eigenvalue weighted by molar-refractivity contribution is 6.01. The molecule has 4 unspecified atom stereocenters. The van der Waals surface area contributed by atoms with Crippen molar-refractivity contribution in [2.24, 2.45) is 56.7 Å². The van der Waals surface area contributed by atoms with Gasteiger partial charge in [0.25, 0.3) is 0 Å². The highest BCUT2D eigenvalue weighted by Crippen LogP contribution is 2.77. The molecule has 4 fully saturated rings. The van der Waals surface area contributed by atoms with Gasteiger partial charge in [-0.05, 0) is 110 Å². The molecular weight excluding hydrogens is 564 g/mol. The Kier molecular flexibility index (Phi) is 6.65. The highest BCUT2D eigenvalue weighted by atomic mass is 16.6. The van der Waals surface area contributed by atoms with Gasteiger partial charge in [-0.2, -0.15) is 0 Å². The SMILES string of the molecule is C=C(C)[C@@H]1CC[C@]2(C(=O)n3ccnc3)CC[C@]3(C)C(CCC4[C@@]5(C)C=C(OC(=O)n6ccnc6)C(=O)C(C)(C)C5CC[C@]43C)C12. The summed E-state index contributed by atoms with van der Waals surface area (Å²) in [4.78, 5) is 49.4. The summed E-state index contributed by atoms with van der Waals surface area (Å²) in [5.74, 6) is 1.70. The molecule has 2 aromatic rings. The van der Waals surface area contributed by atoms with Gasteiger partial charge in [-0.15, -0.1) is 0 Å². The minimum Gasteiger partial charge on any atom is -0.406 e. The maximum Gasteiger partial charge on any atom is 0.424 e. The van der Waals surface area contributed by atoms with Crippen LogP contribution in [0, 0.1) is 56.7 Å². The van der Waals surface area contributed by atoms with Gasteiger partial charge in [-0.1, -0.05) is 46.8 Å². The zero-order valence-electron chi connectivity index (χ0n) is 27.7. The Balaban J connectivity index is 1.29. The van der Waals surface area contributed by atoms with Gasteiger partial charge in [0.2, 0.25) is 11.7 Å². The number of imidazole rings is 2. The second kappa shape index (κ2) is 9.85. The Morgan fingerprint density at radius 2 is 1.56 bits per heavy atom. The first-order chi connectivity index (χ1) is 21.2. The largest absolute Gasteiger partial charge is 0.424 e. The van der Waals surface area contributed by atoms with E-state index in [1.54, 1.807) is 17.1 Å². The van der Waals surface area contributed by atoms with Crippen molar-refractivity contribution in [2.45, 2.75) is 92.9 Å². The predicted molar refractivity (Wildman–Crippen MR) is 170 cm³/mol. The number of aromatic nitrogens is 4. The third-order valence-electron chi connectivity index (χ3n) is 14.4. The number of nitrogens with zero attached hydrogens (tertiary/aromatic N) is 4. The summed E-state index contributed by atoms with van der Waals surface area (Å²) in [6, 6.07) is 0. The molecule has 0 spiro atoms. The minimum absolute atomic E-state index is 0.0123. The van der Waals surface area contributed by atoms with Crippen molar-refractivity contribution in [1.82, 2.24) is 19.1 Å². The van der Waals surface area contributed by atoms with Crippen LogP contribution in [0.4, 0.5) is 4.79 Å². The zero-order chi connectivity index (χ0) is 32.2. The molecule has 0 aliphatic heterocycles. The Bertz CT molecular complexity index is 1590. The first-order valence-corrected chi connectivity index (χ1v) is 16.9. The Morgan fingerprint density at radius 3 is 2.20 bits per heavy atom. The van der Waals surface area contributed by atoms with Gasteiger partial charge in [0.15, 0.2) is 5.76 Å². The number of fused-ring (bicyclic) bond motifs is 7. The zero-order valence-corrected chi connectivity index (χ0v) is 27.7. The number of hydrogen-bond donors (Lipinski definition) is 0. The van der Waals surface area contributed by atoms with Gasteiger partial charge in [0, 0.05) is 30.2 Å². The van der Waals surface area contributed by atoms with E-state index in [1.165, 1.54) is 28.9 Å². The van der Waals surface area contributed by atoms with Crippen molar-refractivity contribution in [3.8, 4) is 0 Å². The summed E-state index contributed by atoms with van der Waals surface area (Å²) in [5.41, 5.74) is -0.186. The molecule has 0 amide bonds. The van der Waals surface area contributed by atoms with Crippen LogP contribution < -0.4 is 0 Å². The first-order valence-electron chi connectivity index (χ1n) is 16.9. The Hall–Kier alpha value is -3.29. The lowest BCUT2D eigenvalue weighted by Crippen LogP contribution is -2.66. The van der Waals surface area contributed by atoms with Crippen molar-refractivity contribution in [1.29, 1.82) is 0 Å². The predicted octanol–water partition coefficient (Wildman–Crippen LogP) is 7.74. The molecule has 0 bridgehead atoms. The van der Waals surface area contributed by atoms with E-state index >= 15 is 0 Å². The monoisotopic (exact) mass is 612 g/mol. The van der Waals surface area contributed by atoms with Gasteiger partial charge >= 0.3 is 6.09 Å². The maximum absolute atomic E-state index is 14.3. The van der Waals surface area contributed by atoms with E-state index in [2.05, 4.69) is 44.2 Å². The third-order valence-corrected chi connectivity index (χ3v) is 14.4. The smallest absolute Gasteiger partial charge is 0.406 e. The van der Waals surface area contributed by atoms with Gasteiger partial charge < -0.3 is 4.74 Å². The molecule has 4 saturated carbocycles. The average molecular weight is 613 g/mol. The summed E-state index contributed by atoms with van der Waals surface area (Å²) in [7, 11) is 0. The number of ketones is 1. The van der Waals surface area contributed by atoms with Crippen LogP contribution in [0.3, 0.4) is 0 Å². The molecule has 8 heteroatoms. The van der Waals surface area contributed by atoms with Crippen LogP contribution in [0.1, 0.15) is 97.7 Å². The fraction of sp³-hybridized carbons (Fsp3) is 0.649. The molecule has 2 aromatic heterocycles. The van der Waals surface area contributed by atoms with Crippen molar-refractivity contribution in [2.75, 3.05) is 0 Å². The van der Waals surface area contributed by atoms with E-state index in [0.717, 1.165) is 51.4 Å². The summed E-state index contributed by atoms with van der Waals surface area (Å²) in [6.07, 6.45) is 18.9. The van der Waals surface area contributed by atoms with Crippen LogP contribution >= 0.6 is 0 Å². The van der Waals surface area contributed by atoms with Crippen LogP contribution in [0.2, 0.25) is 0 Å². The standard InChI is InChI=1S/C37H48N4O4/c1-23(2)24-10-13-37(31(43)40-18-16-38-21-40)15-14-35(6)25(29(24)37)8-9-28-34(5)20-26(45-32(44)41-19-17-39-22-41)30(42)33(3,4)27(34)11-12-36(28,35)7/h16-22,24-25,27-29H,1,8-15H2,2-7H3/t24-,25?,27?,28?,29?,34-,35+,36+,37-/m0/s1.